The van der Waals surface area contributed by atoms with Crippen molar-refractivity contribution < 1.29 is 9.47 Å². The van der Waals surface area contributed by atoms with Gasteiger partial charge in [0.15, 0.2) is 0 Å². The van der Waals surface area contributed by atoms with Crippen LogP contribution in [0, 0.1) is 0 Å². The molecule has 0 N–H and O–H groups in total. The SMILES string of the molecule is CC(C)c1cc(Br)ccc1OCCOc1cccc(Br)c1. The van der Waals surface area contributed by atoms with Crippen molar-refractivity contribution in [3.8, 4) is 11.5 Å². The van der Waals surface area contributed by atoms with Crippen molar-refractivity contribution in [2.24, 2.45) is 0 Å². The molecule has 0 unspecified atom stereocenters. The molecule has 21 heavy (non-hydrogen) atoms. The zero-order valence-corrected chi connectivity index (χ0v) is 15.3. The van der Waals surface area contributed by atoms with Gasteiger partial charge in [0.05, 0.1) is 0 Å². The van der Waals surface area contributed by atoms with Crippen molar-refractivity contribution >= 4 is 31.9 Å². The second-order valence-corrected chi connectivity index (χ2v) is 6.82. The number of rotatable bonds is 6. The molecule has 2 aromatic carbocycles. The molecule has 0 aromatic heterocycles. The summed E-state index contributed by atoms with van der Waals surface area (Å²) in [7, 11) is 0. The van der Waals surface area contributed by atoms with Crippen LogP contribution in [0.4, 0.5) is 0 Å². The normalized spacial score (nSPS) is 10.7. The van der Waals surface area contributed by atoms with Gasteiger partial charge in [0.2, 0.25) is 0 Å². The van der Waals surface area contributed by atoms with E-state index in [1.165, 1.54) is 5.56 Å². The molecule has 2 aromatic rings. The monoisotopic (exact) mass is 412 g/mol. The molecule has 2 rings (SSSR count). The molecule has 0 aliphatic carbocycles. The molecule has 0 aliphatic rings. The van der Waals surface area contributed by atoms with Gasteiger partial charge < -0.3 is 9.47 Å². The van der Waals surface area contributed by atoms with E-state index in [0.717, 1.165) is 20.4 Å². The molecule has 112 valence electrons. The lowest BCUT2D eigenvalue weighted by Crippen LogP contribution is -2.10. The van der Waals surface area contributed by atoms with Crippen LogP contribution in [0.3, 0.4) is 0 Å². The third-order valence-corrected chi connectivity index (χ3v) is 3.99. The molecule has 0 spiro atoms. The van der Waals surface area contributed by atoms with Gasteiger partial charge in [-0.25, -0.2) is 0 Å². The van der Waals surface area contributed by atoms with Gasteiger partial charge in [-0.05, 0) is 47.9 Å². The Bertz CT molecular complexity index is 597. The van der Waals surface area contributed by atoms with E-state index in [-0.39, 0.29) is 0 Å². The molecule has 0 atom stereocenters. The summed E-state index contributed by atoms with van der Waals surface area (Å²) >= 11 is 6.92. The van der Waals surface area contributed by atoms with Crippen LogP contribution in [0.1, 0.15) is 25.3 Å². The summed E-state index contributed by atoms with van der Waals surface area (Å²) in [5.74, 6) is 2.18. The lowest BCUT2D eigenvalue weighted by atomic mass is 10.0. The minimum atomic E-state index is 0.420. The highest BCUT2D eigenvalue weighted by Crippen LogP contribution is 2.29. The summed E-state index contributed by atoms with van der Waals surface area (Å²) in [6.45, 7) is 5.36. The van der Waals surface area contributed by atoms with Crippen LogP contribution in [-0.4, -0.2) is 13.2 Å². The van der Waals surface area contributed by atoms with E-state index in [9.17, 15) is 0 Å². The number of hydrogen-bond acceptors (Lipinski definition) is 2. The quantitative estimate of drug-likeness (QED) is 0.557. The number of halogens is 2. The van der Waals surface area contributed by atoms with Gasteiger partial charge in [0.25, 0.3) is 0 Å². The Hall–Kier alpha value is -1.000. The summed E-state index contributed by atoms with van der Waals surface area (Å²) in [6, 6.07) is 13.9. The van der Waals surface area contributed by atoms with Crippen molar-refractivity contribution in [3.63, 3.8) is 0 Å². The topological polar surface area (TPSA) is 18.5 Å². The van der Waals surface area contributed by atoms with Crippen molar-refractivity contribution in [1.29, 1.82) is 0 Å². The van der Waals surface area contributed by atoms with Gasteiger partial charge >= 0.3 is 0 Å². The fraction of sp³-hybridized carbons (Fsp3) is 0.294. The Morgan fingerprint density at radius 1 is 0.905 bits per heavy atom. The molecule has 0 saturated carbocycles. The van der Waals surface area contributed by atoms with Gasteiger partial charge in [-0.15, -0.1) is 0 Å². The molecule has 0 radical (unpaired) electrons. The van der Waals surface area contributed by atoms with Crippen molar-refractivity contribution in [2.75, 3.05) is 13.2 Å². The van der Waals surface area contributed by atoms with Gasteiger partial charge in [-0.2, -0.15) is 0 Å². The molecule has 0 amide bonds. The first-order valence-corrected chi connectivity index (χ1v) is 8.45. The van der Waals surface area contributed by atoms with E-state index in [2.05, 4.69) is 51.8 Å². The Balaban J connectivity index is 1.89. The second kappa shape index (κ2) is 7.85. The van der Waals surface area contributed by atoms with E-state index < -0.39 is 0 Å². The summed E-state index contributed by atoms with van der Waals surface area (Å²) in [5, 5.41) is 0. The van der Waals surface area contributed by atoms with Gasteiger partial charge in [0.1, 0.15) is 24.7 Å². The number of benzene rings is 2. The van der Waals surface area contributed by atoms with Gasteiger partial charge in [-0.1, -0.05) is 51.8 Å². The molecule has 0 saturated heterocycles. The smallest absolute Gasteiger partial charge is 0.123 e. The molecule has 0 fully saturated rings. The Labute approximate surface area is 142 Å². The highest BCUT2D eigenvalue weighted by atomic mass is 79.9. The second-order valence-electron chi connectivity index (χ2n) is 4.99. The van der Waals surface area contributed by atoms with Crippen LogP contribution in [-0.2, 0) is 0 Å². The maximum Gasteiger partial charge on any atom is 0.123 e. The highest BCUT2D eigenvalue weighted by molar-refractivity contribution is 9.10. The van der Waals surface area contributed by atoms with Crippen LogP contribution in [0.5, 0.6) is 11.5 Å². The maximum atomic E-state index is 5.85. The minimum Gasteiger partial charge on any atom is -0.490 e. The number of ether oxygens (including phenoxy) is 2. The molecular weight excluding hydrogens is 396 g/mol. The third kappa shape index (κ3) is 5.04. The van der Waals surface area contributed by atoms with E-state index in [1.54, 1.807) is 0 Å². The lowest BCUT2D eigenvalue weighted by molar-refractivity contribution is 0.215. The summed E-state index contributed by atoms with van der Waals surface area (Å²) in [6.07, 6.45) is 0. The predicted molar refractivity (Wildman–Crippen MR) is 93.4 cm³/mol. The Morgan fingerprint density at radius 2 is 1.62 bits per heavy atom. The average Bonchev–Trinajstić information content (AvgIpc) is 2.44. The van der Waals surface area contributed by atoms with E-state index >= 15 is 0 Å². The number of hydrogen-bond donors (Lipinski definition) is 0. The highest BCUT2D eigenvalue weighted by Gasteiger charge is 2.08. The zero-order valence-electron chi connectivity index (χ0n) is 12.1. The molecule has 4 heteroatoms. The van der Waals surface area contributed by atoms with Crippen LogP contribution >= 0.6 is 31.9 Å². The van der Waals surface area contributed by atoms with E-state index in [1.807, 2.05) is 36.4 Å². The van der Waals surface area contributed by atoms with Crippen LogP contribution in [0.2, 0.25) is 0 Å². The van der Waals surface area contributed by atoms with Crippen molar-refractivity contribution in [1.82, 2.24) is 0 Å². The first kappa shape index (κ1) is 16.4. The van der Waals surface area contributed by atoms with E-state index in [0.29, 0.717) is 19.1 Å². The Kier molecular flexibility index (Phi) is 6.12. The average molecular weight is 414 g/mol. The molecule has 0 bridgehead atoms. The van der Waals surface area contributed by atoms with Gasteiger partial charge in [-0.3, -0.25) is 0 Å². The standard InChI is InChI=1S/C17H18Br2O2/c1-12(2)16-11-14(19)6-7-17(16)21-9-8-20-15-5-3-4-13(18)10-15/h3-7,10-12H,8-9H2,1-2H3. The van der Waals surface area contributed by atoms with Crippen molar-refractivity contribution in [3.05, 3.63) is 57.0 Å². The maximum absolute atomic E-state index is 5.85. The van der Waals surface area contributed by atoms with Gasteiger partial charge in [0, 0.05) is 8.95 Å². The Morgan fingerprint density at radius 3 is 2.33 bits per heavy atom. The van der Waals surface area contributed by atoms with Crippen LogP contribution < -0.4 is 9.47 Å². The fourth-order valence-corrected chi connectivity index (χ4v) is 2.73. The van der Waals surface area contributed by atoms with Crippen LogP contribution in [0.15, 0.2) is 51.4 Å². The summed E-state index contributed by atoms with van der Waals surface area (Å²) < 4.78 is 13.6. The van der Waals surface area contributed by atoms with Crippen LogP contribution in [0.25, 0.3) is 0 Å². The lowest BCUT2D eigenvalue weighted by Gasteiger charge is -2.15. The third-order valence-electron chi connectivity index (χ3n) is 3.00. The van der Waals surface area contributed by atoms with E-state index in [4.69, 9.17) is 9.47 Å². The first-order chi connectivity index (χ1) is 10.1. The fourth-order valence-electron chi connectivity index (χ4n) is 1.97. The summed E-state index contributed by atoms with van der Waals surface area (Å²) in [4.78, 5) is 0. The molecule has 2 nitrogen and oxygen atoms in total. The molecular formula is C17H18Br2O2. The summed E-state index contributed by atoms with van der Waals surface area (Å²) in [5.41, 5.74) is 1.20. The largest absolute Gasteiger partial charge is 0.490 e. The predicted octanol–water partition coefficient (Wildman–Crippen LogP) is 5.79. The first-order valence-electron chi connectivity index (χ1n) is 6.87. The zero-order chi connectivity index (χ0) is 15.2. The van der Waals surface area contributed by atoms with Crippen molar-refractivity contribution in [2.45, 2.75) is 19.8 Å². The molecule has 0 aliphatic heterocycles. The minimum absolute atomic E-state index is 0.420. The molecule has 0 heterocycles.